The van der Waals surface area contributed by atoms with Gasteiger partial charge in [-0.1, -0.05) is 24.3 Å². The first-order valence-corrected chi connectivity index (χ1v) is 6.73. The molecule has 3 rings (SSSR count). The Morgan fingerprint density at radius 1 is 1.05 bits per heavy atom. The number of para-hydroxylation sites is 1. The average molecular weight is 295 g/mol. The molecule has 0 aliphatic rings. The number of aromatic nitrogens is 3. The summed E-state index contributed by atoms with van der Waals surface area (Å²) in [6.07, 6.45) is 1.49. The van der Waals surface area contributed by atoms with Gasteiger partial charge in [-0.05, 0) is 30.3 Å². The average Bonchev–Trinajstić information content (AvgIpc) is 2.55. The van der Waals surface area contributed by atoms with Gasteiger partial charge in [0.05, 0.1) is 6.20 Å². The van der Waals surface area contributed by atoms with Crippen molar-refractivity contribution in [2.75, 3.05) is 17.3 Å². The van der Waals surface area contributed by atoms with E-state index in [2.05, 4.69) is 20.5 Å². The van der Waals surface area contributed by atoms with Crippen LogP contribution in [0.15, 0.2) is 60.8 Å². The number of rotatable bonds is 4. The maximum atomic E-state index is 13.2. The number of hydrogen-bond donors (Lipinski definition) is 1. The van der Waals surface area contributed by atoms with Gasteiger partial charge in [0.1, 0.15) is 5.82 Å². The second-order valence-corrected chi connectivity index (χ2v) is 4.67. The fraction of sp³-hybridized carbons (Fsp3) is 0.0625. The van der Waals surface area contributed by atoms with Gasteiger partial charge in [0.15, 0.2) is 5.82 Å². The van der Waals surface area contributed by atoms with E-state index in [1.54, 1.807) is 12.1 Å². The van der Waals surface area contributed by atoms with Crippen LogP contribution < -0.4 is 10.2 Å². The molecular weight excluding hydrogens is 281 g/mol. The maximum Gasteiger partial charge on any atom is 0.251 e. The van der Waals surface area contributed by atoms with Gasteiger partial charge in [-0.15, -0.1) is 5.10 Å². The number of nitrogens with zero attached hydrogens (tertiary/aromatic N) is 4. The number of anilines is 4. The lowest BCUT2D eigenvalue weighted by molar-refractivity contribution is 0.628. The van der Waals surface area contributed by atoms with Gasteiger partial charge in [0.25, 0.3) is 5.95 Å². The third kappa shape index (κ3) is 3.17. The molecule has 0 bridgehead atoms. The summed E-state index contributed by atoms with van der Waals surface area (Å²) in [7, 11) is 1.86. The number of nitrogens with one attached hydrogen (secondary N) is 1. The minimum Gasteiger partial charge on any atom is -0.339 e. The Balaban J connectivity index is 1.83. The molecule has 0 saturated heterocycles. The van der Waals surface area contributed by atoms with E-state index in [1.807, 2.05) is 42.3 Å². The van der Waals surface area contributed by atoms with Crippen LogP contribution in [0.4, 0.5) is 27.5 Å². The van der Waals surface area contributed by atoms with E-state index >= 15 is 0 Å². The van der Waals surface area contributed by atoms with Gasteiger partial charge >= 0.3 is 0 Å². The first-order valence-electron chi connectivity index (χ1n) is 6.73. The summed E-state index contributed by atoms with van der Waals surface area (Å²) < 4.78 is 13.2. The summed E-state index contributed by atoms with van der Waals surface area (Å²) in [6, 6.07) is 15.9. The van der Waals surface area contributed by atoms with Gasteiger partial charge < -0.3 is 10.2 Å². The molecule has 22 heavy (non-hydrogen) atoms. The van der Waals surface area contributed by atoms with Crippen molar-refractivity contribution in [3.63, 3.8) is 0 Å². The first kappa shape index (κ1) is 13.9. The van der Waals surface area contributed by atoms with Crippen LogP contribution in [0.1, 0.15) is 0 Å². The minimum absolute atomic E-state index is 0.311. The van der Waals surface area contributed by atoms with E-state index < -0.39 is 0 Å². The molecule has 0 radical (unpaired) electrons. The van der Waals surface area contributed by atoms with Gasteiger partial charge in [0.2, 0.25) is 0 Å². The van der Waals surface area contributed by atoms with Crippen molar-refractivity contribution in [1.82, 2.24) is 15.2 Å². The summed E-state index contributed by atoms with van der Waals surface area (Å²) in [5, 5.41) is 11.0. The van der Waals surface area contributed by atoms with Crippen molar-refractivity contribution < 1.29 is 4.39 Å². The molecule has 0 amide bonds. The minimum atomic E-state index is -0.311. The number of halogens is 1. The smallest absolute Gasteiger partial charge is 0.251 e. The molecule has 1 heterocycles. The van der Waals surface area contributed by atoms with Gasteiger partial charge in [-0.25, -0.2) is 4.39 Å². The van der Waals surface area contributed by atoms with E-state index in [0.29, 0.717) is 17.5 Å². The lowest BCUT2D eigenvalue weighted by Crippen LogP contribution is -2.14. The van der Waals surface area contributed by atoms with Crippen molar-refractivity contribution in [2.45, 2.75) is 0 Å². The zero-order valence-corrected chi connectivity index (χ0v) is 11.9. The van der Waals surface area contributed by atoms with Crippen molar-refractivity contribution in [2.24, 2.45) is 0 Å². The summed E-state index contributed by atoms with van der Waals surface area (Å²) in [5.74, 6) is 0.639. The van der Waals surface area contributed by atoms with Crippen LogP contribution in [0.3, 0.4) is 0 Å². The standard InChI is InChI=1S/C16H14FN5/c1-22(14-8-3-2-4-9-14)16-20-15(11-18-21-16)19-13-7-5-6-12(17)10-13/h2-11H,1H3,(H,19,20,21). The summed E-state index contributed by atoms with van der Waals surface area (Å²) in [6.45, 7) is 0. The third-order valence-corrected chi connectivity index (χ3v) is 3.09. The molecule has 3 aromatic rings. The molecule has 0 aliphatic heterocycles. The molecular formula is C16H14FN5. The SMILES string of the molecule is CN(c1ccccc1)c1nncc(Nc2cccc(F)c2)n1. The highest BCUT2D eigenvalue weighted by molar-refractivity contribution is 5.59. The zero-order chi connectivity index (χ0) is 15.4. The van der Waals surface area contributed by atoms with Crippen molar-refractivity contribution >= 4 is 23.1 Å². The first-order chi connectivity index (χ1) is 10.7. The Hall–Kier alpha value is -3.02. The van der Waals surface area contributed by atoms with Crippen LogP contribution in [-0.2, 0) is 0 Å². The lowest BCUT2D eigenvalue weighted by atomic mass is 10.3. The van der Waals surface area contributed by atoms with E-state index in [4.69, 9.17) is 0 Å². The monoisotopic (exact) mass is 295 g/mol. The van der Waals surface area contributed by atoms with E-state index in [0.717, 1.165) is 5.69 Å². The molecule has 2 aromatic carbocycles. The molecule has 1 N–H and O–H groups in total. The van der Waals surface area contributed by atoms with E-state index in [1.165, 1.54) is 18.3 Å². The van der Waals surface area contributed by atoms with Crippen molar-refractivity contribution in [1.29, 1.82) is 0 Å². The largest absolute Gasteiger partial charge is 0.339 e. The van der Waals surface area contributed by atoms with E-state index in [-0.39, 0.29) is 5.82 Å². The van der Waals surface area contributed by atoms with Gasteiger partial charge in [0, 0.05) is 18.4 Å². The molecule has 0 fully saturated rings. The highest BCUT2D eigenvalue weighted by atomic mass is 19.1. The van der Waals surface area contributed by atoms with Crippen molar-refractivity contribution in [3.05, 3.63) is 66.6 Å². The van der Waals surface area contributed by atoms with Crippen molar-refractivity contribution in [3.8, 4) is 0 Å². The predicted octanol–water partition coefficient (Wildman–Crippen LogP) is 3.52. The Morgan fingerprint density at radius 3 is 2.64 bits per heavy atom. The normalized spacial score (nSPS) is 10.3. The molecule has 110 valence electrons. The molecule has 0 spiro atoms. The summed E-state index contributed by atoms with van der Waals surface area (Å²) >= 11 is 0. The fourth-order valence-electron chi connectivity index (χ4n) is 1.98. The Kier molecular flexibility index (Phi) is 3.91. The van der Waals surface area contributed by atoms with Crippen LogP contribution in [0.5, 0.6) is 0 Å². The Labute approximate surface area is 127 Å². The Bertz CT molecular complexity index is 763. The molecule has 0 unspecified atom stereocenters. The number of benzene rings is 2. The fourth-order valence-corrected chi connectivity index (χ4v) is 1.98. The lowest BCUT2D eigenvalue weighted by Gasteiger charge is -2.17. The second-order valence-electron chi connectivity index (χ2n) is 4.67. The zero-order valence-electron chi connectivity index (χ0n) is 11.9. The van der Waals surface area contributed by atoms with Gasteiger partial charge in [-0.2, -0.15) is 10.1 Å². The quantitative estimate of drug-likeness (QED) is 0.798. The summed E-state index contributed by atoms with van der Waals surface area (Å²) in [4.78, 5) is 6.22. The highest BCUT2D eigenvalue weighted by Gasteiger charge is 2.08. The summed E-state index contributed by atoms with van der Waals surface area (Å²) in [5.41, 5.74) is 1.56. The van der Waals surface area contributed by atoms with Gasteiger partial charge in [-0.3, -0.25) is 0 Å². The van der Waals surface area contributed by atoms with Crippen LogP contribution in [0.2, 0.25) is 0 Å². The van der Waals surface area contributed by atoms with E-state index in [9.17, 15) is 4.39 Å². The Morgan fingerprint density at radius 2 is 1.86 bits per heavy atom. The second kappa shape index (κ2) is 6.17. The van der Waals surface area contributed by atoms with Crippen LogP contribution in [0.25, 0.3) is 0 Å². The van der Waals surface area contributed by atoms with Crippen LogP contribution in [0, 0.1) is 5.82 Å². The molecule has 0 atom stereocenters. The topological polar surface area (TPSA) is 53.9 Å². The van der Waals surface area contributed by atoms with Crippen LogP contribution in [-0.4, -0.2) is 22.2 Å². The molecule has 6 heteroatoms. The third-order valence-electron chi connectivity index (χ3n) is 3.09. The predicted molar refractivity (Wildman–Crippen MR) is 84.0 cm³/mol. The molecule has 5 nitrogen and oxygen atoms in total. The molecule has 0 aliphatic carbocycles. The number of hydrogen-bond acceptors (Lipinski definition) is 5. The highest BCUT2D eigenvalue weighted by Crippen LogP contribution is 2.21. The maximum absolute atomic E-state index is 13.2. The molecule has 1 aromatic heterocycles. The molecule has 0 saturated carbocycles. The van der Waals surface area contributed by atoms with Crippen LogP contribution >= 0.6 is 0 Å².